The van der Waals surface area contributed by atoms with Gasteiger partial charge in [-0.05, 0) is 85.1 Å². The van der Waals surface area contributed by atoms with E-state index < -0.39 is 17.1 Å². The summed E-state index contributed by atoms with van der Waals surface area (Å²) in [6.45, 7) is 3.54. The van der Waals surface area contributed by atoms with E-state index in [4.69, 9.17) is 14.2 Å². The first-order chi connectivity index (χ1) is 27.1. The van der Waals surface area contributed by atoms with Crippen LogP contribution < -0.4 is 35.5 Å². The summed E-state index contributed by atoms with van der Waals surface area (Å²) in [4.78, 5) is 54.8. The smallest absolute Gasteiger partial charge is 0.272 e. The lowest BCUT2D eigenvalue weighted by Crippen LogP contribution is -2.30. The van der Waals surface area contributed by atoms with Gasteiger partial charge in [-0.25, -0.2) is 0 Å². The van der Waals surface area contributed by atoms with Crippen molar-refractivity contribution in [2.24, 2.45) is 0 Å². The number of carbonyl (C=O) groups is 4. The Hall–Kier alpha value is -6.56. The van der Waals surface area contributed by atoms with Gasteiger partial charge in [-0.15, -0.1) is 23.1 Å². The normalized spacial score (nSPS) is 11.4. The molecule has 4 N–H and O–H groups in total. The highest BCUT2D eigenvalue weighted by Gasteiger charge is 2.25. The lowest BCUT2D eigenvalue weighted by atomic mass is 10.1. The van der Waals surface area contributed by atoms with Gasteiger partial charge in [0.2, 0.25) is 11.7 Å². The number of para-hydroxylation sites is 1. The Kier molecular flexibility index (Phi) is 13.9. The number of rotatable bonds is 15. The monoisotopic (exact) mass is 789 g/mol. The molecular weight excluding hydrogens is 751 g/mol. The van der Waals surface area contributed by atoms with Crippen molar-refractivity contribution in [2.75, 3.05) is 37.3 Å². The van der Waals surface area contributed by atoms with Crippen molar-refractivity contribution in [3.8, 4) is 23.3 Å². The van der Waals surface area contributed by atoms with Gasteiger partial charge in [0.1, 0.15) is 16.8 Å². The van der Waals surface area contributed by atoms with Crippen LogP contribution in [0.4, 0.5) is 16.4 Å². The number of hydrogen-bond acceptors (Lipinski definition) is 10. The molecular formula is C42H39N5O7S2. The minimum atomic E-state index is -0.612. The number of nitriles is 1. The number of amides is 4. The third-order valence-electron chi connectivity index (χ3n) is 8.29. The number of thiophene rings is 1. The summed E-state index contributed by atoms with van der Waals surface area (Å²) >= 11 is 2.32. The lowest BCUT2D eigenvalue weighted by molar-refractivity contribution is -0.116. The van der Waals surface area contributed by atoms with Crippen LogP contribution in [0.3, 0.4) is 0 Å². The van der Waals surface area contributed by atoms with Crippen molar-refractivity contribution in [3.63, 3.8) is 0 Å². The van der Waals surface area contributed by atoms with Gasteiger partial charge in [0.15, 0.2) is 11.5 Å². The Morgan fingerprint density at radius 1 is 0.804 bits per heavy atom. The van der Waals surface area contributed by atoms with Crippen molar-refractivity contribution < 1.29 is 33.4 Å². The molecule has 0 spiro atoms. The van der Waals surface area contributed by atoms with Gasteiger partial charge in [0, 0.05) is 21.8 Å². The predicted octanol–water partition coefficient (Wildman–Crippen LogP) is 8.13. The van der Waals surface area contributed by atoms with Crippen LogP contribution in [0.5, 0.6) is 17.2 Å². The summed E-state index contributed by atoms with van der Waals surface area (Å²) in [5.74, 6) is -0.746. The Balaban J connectivity index is 1.34. The zero-order valence-electron chi connectivity index (χ0n) is 31.2. The van der Waals surface area contributed by atoms with Crippen LogP contribution in [0.25, 0.3) is 6.08 Å². The first-order valence-electron chi connectivity index (χ1n) is 17.3. The largest absolute Gasteiger partial charge is 0.493 e. The molecule has 4 amide bonds. The first-order valence-corrected chi connectivity index (χ1v) is 19.0. The average Bonchev–Trinajstić information content (AvgIpc) is 3.53. The molecule has 56 heavy (non-hydrogen) atoms. The summed E-state index contributed by atoms with van der Waals surface area (Å²) in [5.41, 5.74) is 2.50. The van der Waals surface area contributed by atoms with E-state index in [1.807, 2.05) is 19.1 Å². The number of hydrogen-bond donors (Lipinski definition) is 4. The van der Waals surface area contributed by atoms with Crippen LogP contribution in [0.2, 0.25) is 0 Å². The fraction of sp³-hybridized carbons (Fsp3) is 0.167. The van der Waals surface area contributed by atoms with Crippen molar-refractivity contribution >= 4 is 69.2 Å². The summed E-state index contributed by atoms with van der Waals surface area (Å²) < 4.78 is 16.4. The van der Waals surface area contributed by atoms with E-state index in [2.05, 4.69) is 27.3 Å². The third-order valence-corrected chi connectivity index (χ3v) is 10.9. The van der Waals surface area contributed by atoms with E-state index in [-0.39, 0.29) is 28.1 Å². The second-order valence-corrected chi connectivity index (χ2v) is 14.3. The zero-order chi connectivity index (χ0) is 40.2. The number of thioether (sulfide) groups is 1. The molecule has 12 nitrogen and oxygen atoms in total. The van der Waals surface area contributed by atoms with E-state index in [0.717, 1.165) is 11.3 Å². The predicted molar refractivity (Wildman–Crippen MR) is 220 cm³/mol. The minimum Gasteiger partial charge on any atom is -0.493 e. The van der Waals surface area contributed by atoms with E-state index in [1.165, 1.54) is 39.2 Å². The molecule has 0 aliphatic carbocycles. The van der Waals surface area contributed by atoms with Crippen LogP contribution in [0, 0.1) is 18.3 Å². The highest BCUT2D eigenvalue weighted by molar-refractivity contribution is 8.00. The molecule has 0 radical (unpaired) electrons. The molecule has 1 unspecified atom stereocenters. The van der Waals surface area contributed by atoms with Crippen LogP contribution in [0.1, 0.15) is 50.1 Å². The molecule has 0 aliphatic heterocycles. The maximum Gasteiger partial charge on any atom is 0.272 e. The maximum atomic E-state index is 13.9. The minimum absolute atomic E-state index is 0.0617. The van der Waals surface area contributed by atoms with Crippen molar-refractivity contribution in [3.05, 3.63) is 130 Å². The van der Waals surface area contributed by atoms with Crippen LogP contribution in [-0.4, -0.2) is 50.2 Å². The lowest BCUT2D eigenvalue weighted by Gasteiger charge is -2.16. The Labute approximate surface area is 332 Å². The van der Waals surface area contributed by atoms with E-state index in [0.29, 0.717) is 61.5 Å². The number of benzene rings is 4. The highest BCUT2D eigenvalue weighted by Crippen LogP contribution is 2.39. The van der Waals surface area contributed by atoms with Gasteiger partial charge < -0.3 is 35.5 Å². The second kappa shape index (κ2) is 19.2. The maximum absolute atomic E-state index is 13.9. The summed E-state index contributed by atoms with van der Waals surface area (Å²) in [7, 11) is 4.43. The van der Waals surface area contributed by atoms with Gasteiger partial charge in [-0.3, -0.25) is 19.2 Å². The standard InChI is InChI=1S/C42H39N5O7S2/c1-6-35(40(50)47-42-31(24-43)25(2)37(56-42)41(51)44-28-16-11-8-12-17-28)55-30-19-13-18-29(23-30)45-39(49)32(46-38(48)27-14-9-7-10-15-27)20-26-21-33(52-3)36(54-5)34(22-26)53-4/h7-23,35H,6H2,1-5H3,(H,44,51)(H,45,49)(H,46,48)(H,47,50)/b32-20+. The number of methoxy groups -OCH3 is 3. The van der Waals surface area contributed by atoms with Crippen LogP contribution >= 0.6 is 23.1 Å². The third kappa shape index (κ3) is 9.94. The first kappa shape index (κ1) is 40.6. The van der Waals surface area contributed by atoms with Crippen molar-refractivity contribution in [1.82, 2.24) is 5.32 Å². The molecule has 0 fully saturated rings. The number of nitrogens with one attached hydrogen (secondary N) is 4. The Morgan fingerprint density at radius 3 is 2.05 bits per heavy atom. The van der Waals surface area contributed by atoms with Gasteiger partial charge >= 0.3 is 0 Å². The number of carbonyl (C=O) groups excluding carboxylic acids is 4. The van der Waals surface area contributed by atoms with E-state index in [9.17, 15) is 24.4 Å². The molecule has 4 aromatic carbocycles. The molecule has 0 bridgehead atoms. The van der Waals surface area contributed by atoms with Gasteiger partial charge in [-0.1, -0.05) is 49.4 Å². The molecule has 0 aliphatic rings. The van der Waals surface area contributed by atoms with Crippen LogP contribution in [-0.2, 0) is 9.59 Å². The zero-order valence-corrected chi connectivity index (χ0v) is 32.9. The fourth-order valence-corrected chi connectivity index (χ4v) is 7.55. The van der Waals surface area contributed by atoms with Crippen LogP contribution in [0.15, 0.2) is 108 Å². The van der Waals surface area contributed by atoms with Gasteiger partial charge in [-0.2, -0.15) is 5.26 Å². The molecule has 1 aromatic heterocycles. The molecule has 286 valence electrons. The Morgan fingerprint density at radius 2 is 1.45 bits per heavy atom. The molecule has 5 aromatic rings. The van der Waals surface area contributed by atoms with Gasteiger partial charge in [0.25, 0.3) is 17.7 Å². The summed E-state index contributed by atoms with van der Waals surface area (Å²) in [6, 6.07) is 29.8. The van der Waals surface area contributed by atoms with Crippen molar-refractivity contribution in [2.45, 2.75) is 30.4 Å². The topological polar surface area (TPSA) is 168 Å². The van der Waals surface area contributed by atoms with Crippen molar-refractivity contribution in [1.29, 1.82) is 5.26 Å². The molecule has 5 rings (SSSR count). The number of ether oxygens (including phenoxy) is 3. The van der Waals surface area contributed by atoms with Gasteiger partial charge in [0.05, 0.1) is 37.0 Å². The summed E-state index contributed by atoms with van der Waals surface area (Å²) in [6.07, 6.45) is 1.93. The number of anilines is 3. The second-order valence-electron chi connectivity index (χ2n) is 12.0. The van der Waals surface area contributed by atoms with E-state index >= 15 is 0 Å². The fourth-order valence-electron chi connectivity index (χ4n) is 5.48. The number of nitrogens with zero attached hydrogens (tertiary/aromatic N) is 1. The molecule has 1 heterocycles. The molecule has 0 saturated carbocycles. The molecule has 1 atom stereocenters. The Bertz CT molecular complexity index is 2280. The quantitative estimate of drug-likeness (QED) is 0.0605. The summed E-state index contributed by atoms with van der Waals surface area (Å²) in [5, 5.41) is 20.9. The SMILES string of the molecule is CCC(Sc1cccc(NC(=O)/C(=C\c2cc(OC)c(OC)c(OC)c2)NC(=O)c2ccccc2)c1)C(=O)Nc1sc(C(=O)Nc2ccccc2)c(C)c1C#N. The average molecular weight is 790 g/mol. The van der Waals surface area contributed by atoms with E-state index in [1.54, 1.807) is 91.9 Å². The molecule has 0 saturated heterocycles. The highest BCUT2D eigenvalue weighted by atomic mass is 32.2. The molecule has 14 heteroatoms.